The quantitative estimate of drug-likeness (QED) is 0.588. The molecule has 0 saturated carbocycles. The first-order chi connectivity index (χ1) is 11.1. The molecule has 0 amide bonds. The normalized spacial score (nSPS) is 10.7. The van der Waals surface area contributed by atoms with Gasteiger partial charge in [0.15, 0.2) is 0 Å². The fourth-order valence-electron chi connectivity index (χ4n) is 2.57. The van der Waals surface area contributed by atoms with E-state index in [0.29, 0.717) is 0 Å². The molecule has 4 heteroatoms. The molecule has 2 aromatic rings. The van der Waals surface area contributed by atoms with E-state index < -0.39 is 7.05 Å². The Morgan fingerprint density at radius 1 is 0.913 bits per heavy atom. The van der Waals surface area contributed by atoms with Crippen molar-refractivity contribution in [1.29, 1.82) is 0 Å². The third-order valence-corrected chi connectivity index (χ3v) is 7.55. The molecular weight excluding hydrogens is 305 g/mol. The fraction of sp³-hybridized carbons (Fsp3) is 0.158. The van der Waals surface area contributed by atoms with Crippen LogP contribution in [0.4, 0.5) is 0 Å². The maximum atomic E-state index is 5.26. The van der Waals surface area contributed by atoms with Crippen LogP contribution < -0.4 is 20.1 Å². The summed E-state index contributed by atoms with van der Waals surface area (Å²) in [5, 5.41) is 3.17. The zero-order valence-electron chi connectivity index (χ0n) is 13.8. The highest BCUT2D eigenvalue weighted by Gasteiger charge is 2.26. The molecule has 0 radical (unpaired) electrons. The van der Waals surface area contributed by atoms with E-state index in [1.807, 2.05) is 31.3 Å². The third kappa shape index (κ3) is 3.11. The van der Waals surface area contributed by atoms with Crippen LogP contribution in [0, 0.1) is 0 Å². The molecule has 0 unspecified atom stereocenters. The molecule has 120 valence electrons. The molecule has 0 fully saturated rings. The topological polar surface area (TPSA) is 30.8 Å². The lowest BCUT2D eigenvalue weighted by Crippen LogP contribution is -2.17. The summed E-state index contributed by atoms with van der Waals surface area (Å²) >= 11 is 0. The van der Waals surface area contributed by atoms with Gasteiger partial charge in [-0.05, 0) is 53.8 Å². The molecule has 0 spiro atoms. The van der Waals surface area contributed by atoms with E-state index in [9.17, 15) is 0 Å². The first-order valence-corrected chi connectivity index (χ1v) is 8.98. The Labute approximate surface area is 138 Å². The van der Waals surface area contributed by atoms with E-state index >= 15 is 0 Å². The molecule has 0 aliphatic carbocycles. The molecule has 0 bridgehead atoms. The number of nitrogens with zero attached hydrogens (tertiary/aromatic N) is 1. The van der Waals surface area contributed by atoms with Crippen molar-refractivity contribution in [2.75, 3.05) is 21.3 Å². The summed E-state index contributed by atoms with van der Waals surface area (Å²) in [6, 6.07) is 16.0. The SMILES string of the molecule is C=CC(=C)P(=NC)(c1ccc(OC)cc1)c1ccc(OC)cc1. The number of hydrogen-bond acceptors (Lipinski definition) is 3. The van der Waals surface area contributed by atoms with Gasteiger partial charge in [-0.1, -0.05) is 19.2 Å². The van der Waals surface area contributed by atoms with Gasteiger partial charge < -0.3 is 9.47 Å². The van der Waals surface area contributed by atoms with Gasteiger partial charge in [-0.2, -0.15) is 0 Å². The van der Waals surface area contributed by atoms with Crippen molar-refractivity contribution in [3.05, 3.63) is 73.1 Å². The summed E-state index contributed by atoms with van der Waals surface area (Å²) in [7, 11) is 3.03. The Morgan fingerprint density at radius 2 is 1.30 bits per heavy atom. The van der Waals surface area contributed by atoms with Gasteiger partial charge in [0.1, 0.15) is 11.5 Å². The van der Waals surface area contributed by atoms with Crippen molar-refractivity contribution in [3.63, 3.8) is 0 Å². The molecular formula is C19H22NO2P. The summed E-state index contributed by atoms with van der Waals surface area (Å²) in [5.74, 6) is 1.64. The molecule has 0 N–H and O–H groups in total. The molecule has 0 aliphatic heterocycles. The Bertz CT molecular complexity index is 694. The molecule has 0 saturated heterocycles. The average molecular weight is 327 g/mol. The van der Waals surface area contributed by atoms with E-state index in [2.05, 4.69) is 37.4 Å². The summed E-state index contributed by atoms with van der Waals surface area (Å²) in [6.45, 7) is 8.14. The Kier molecular flexibility index (Phi) is 5.46. The zero-order chi connectivity index (χ0) is 16.9. The first-order valence-electron chi connectivity index (χ1n) is 7.24. The lowest BCUT2D eigenvalue weighted by molar-refractivity contribution is 0.415. The van der Waals surface area contributed by atoms with Crippen molar-refractivity contribution in [2.45, 2.75) is 0 Å². The number of hydrogen-bond donors (Lipinski definition) is 0. The Hall–Kier alpha value is -2.25. The van der Waals surface area contributed by atoms with Crippen molar-refractivity contribution < 1.29 is 9.47 Å². The summed E-state index contributed by atoms with van der Waals surface area (Å²) in [5.41, 5.74) is 0. The van der Waals surface area contributed by atoms with Crippen LogP contribution in [-0.4, -0.2) is 21.3 Å². The number of benzene rings is 2. The van der Waals surface area contributed by atoms with Gasteiger partial charge in [0.25, 0.3) is 0 Å². The number of ether oxygens (including phenoxy) is 2. The van der Waals surface area contributed by atoms with Crippen molar-refractivity contribution >= 4 is 17.7 Å². The zero-order valence-corrected chi connectivity index (χ0v) is 14.7. The highest BCUT2D eigenvalue weighted by atomic mass is 31.2. The van der Waals surface area contributed by atoms with Gasteiger partial charge in [0, 0.05) is 17.7 Å². The van der Waals surface area contributed by atoms with Crippen LogP contribution in [0.15, 0.2) is 77.8 Å². The second-order valence-corrected chi connectivity index (χ2v) is 8.20. The van der Waals surface area contributed by atoms with E-state index in [1.165, 1.54) is 0 Å². The predicted octanol–water partition coefficient (Wildman–Crippen LogP) is 4.19. The first kappa shape index (κ1) is 17.1. The molecule has 3 nitrogen and oxygen atoms in total. The molecule has 2 rings (SSSR count). The van der Waals surface area contributed by atoms with Crippen LogP contribution in [-0.2, 0) is 0 Å². The van der Waals surface area contributed by atoms with Crippen LogP contribution in [0.2, 0.25) is 0 Å². The van der Waals surface area contributed by atoms with E-state index in [4.69, 9.17) is 14.2 Å². The smallest absolute Gasteiger partial charge is 0.118 e. The lowest BCUT2D eigenvalue weighted by atomic mass is 10.3. The number of methoxy groups -OCH3 is 2. The minimum atomic E-state index is -2.13. The molecule has 0 heterocycles. The second-order valence-electron chi connectivity index (χ2n) is 4.93. The summed E-state index contributed by atoms with van der Waals surface area (Å²) < 4.78 is 15.3. The van der Waals surface area contributed by atoms with Gasteiger partial charge in [-0.25, -0.2) is 0 Å². The van der Waals surface area contributed by atoms with Crippen LogP contribution in [0.5, 0.6) is 11.5 Å². The molecule has 0 aromatic heterocycles. The second kappa shape index (κ2) is 7.34. The van der Waals surface area contributed by atoms with E-state index in [0.717, 1.165) is 27.4 Å². The molecule has 0 atom stereocenters. The maximum absolute atomic E-state index is 5.26. The maximum Gasteiger partial charge on any atom is 0.118 e. The van der Waals surface area contributed by atoms with Crippen LogP contribution in [0.1, 0.15) is 0 Å². The van der Waals surface area contributed by atoms with Crippen molar-refractivity contribution in [3.8, 4) is 11.5 Å². The van der Waals surface area contributed by atoms with E-state index in [1.54, 1.807) is 20.3 Å². The fourth-order valence-corrected chi connectivity index (χ4v) is 5.67. The van der Waals surface area contributed by atoms with Gasteiger partial charge in [0.05, 0.1) is 21.3 Å². The standard InChI is InChI=1S/C19H22NO2P/c1-6-15(2)23(20-3,18-11-7-16(21-4)8-12-18)19-13-9-17(22-5)10-14-19/h6-14H,1-2H2,3-5H3. The molecule has 0 aliphatic rings. The third-order valence-electron chi connectivity index (χ3n) is 3.84. The average Bonchev–Trinajstić information content (AvgIpc) is 2.63. The predicted molar refractivity (Wildman–Crippen MR) is 99.9 cm³/mol. The number of allylic oxidation sites excluding steroid dienone is 2. The highest BCUT2D eigenvalue weighted by molar-refractivity contribution is 7.84. The van der Waals surface area contributed by atoms with Crippen molar-refractivity contribution in [1.82, 2.24) is 0 Å². The van der Waals surface area contributed by atoms with Gasteiger partial charge >= 0.3 is 0 Å². The lowest BCUT2D eigenvalue weighted by Gasteiger charge is -2.26. The van der Waals surface area contributed by atoms with Gasteiger partial charge in [-0.3, -0.25) is 4.74 Å². The Balaban J connectivity index is 2.68. The summed E-state index contributed by atoms with van der Waals surface area (Å²) in [4.78, 5) is 0. The van der Waals surface area contributed by atoms with Gasteiger partial charge in [-0.15, -0.1) is 0 Å². The summed E-state index contributed by atoms with van der Waals surface area (Å²) in [6.07, 6.45) is 1.80. The minimum absolute atomic E-state index is 0.821. The number of rotatable bonds is 6. The van der Waals surface area contributed by atoms with Crippen LogP contribution >= 0.6 is 7.05 Å². The Morgan fingerprint density at radius 3 is 1.57 bits per heavy atom. The van der Waals surface area contributed by atoms with Gasteiger partial charge in [0.2, 0.25) is 0 Å². The highest BCUT2D eigenvalue weighted by Crippen LogP contribution is 2.54. The monoisotopic (exact) mass is 327 g/mol. The molecule has 2 aromatic carbocycles. The van der Waals surface area contributed by atoms with Crippen molar-refractivity contribution in [2.24, 2.45) is 4.74 Å². The largest absolute Gasteiger partial charge is 0.497 e. The minimum Gasteiger partial charge on any atom is -0.497 e. The molecule has 23 heavy (non-hydrogen) atoms. The van der Waals surface area contributed by atoms with E-state index in [-0.39, 0.29) is 0 Å². The van der Waals surface area contributed by atoms with Crippen LogP contribution in [0.3, 0.4) is 0 Å². The van der Waals surface area contributed by atoms with Crippen LogP contribution in [0.25, 0.3) is 0 Å².